The van der Waals surface area contributed by atoms with Crippen molar-refractivity contribution in [3.8, 4) is 0 Å². The first-order chi connectivity index (χ1) is 7.29. The van der Waals surface area contributed by atoms with E-state index >= 15 is 0 Å². The summed E-state index contributed by atoms with van der Waals surface area (Å²) in [5.74, 6) is -8.78. The van der Waals surface area contributed by atoms with Gasteiger partial charge in [0.25, 0.3) is 11.7 Å². The Morgan fingerprint density at radius 2 is 0.875 bits per heavy atom. The van der Waals surface area contributed by atoms with E-state index in [1.165, 1.54) is 0 Å². The lowest BCUT2D eigenvalue weighted by molar-refractivity contribution is -0.116. The largest absolute Gasteiger partial charge is 0.287 e. The van der Waals surface area contributed by atoms with Gasteiger partial charge >= 0.3 is 0 Å². The monoisotopic (exact) mass is 236 g/mol. The Morgan fingerprint density at radius 3 is 1.00 bits per heavy atom. The first-order valence-corrected chi connectivity index (χ1v) is 3.91. The molecule has 0 radical (unpaired) electrons. The SMILES string of the molecule is NC(=[NH2+])c1c(F)c(F)c(C(N)=[NH2+])c(F)c1F. The summed E-state index contributed by atoms with van der Waals surface area (Å²) in [5, 5.41) is 9.78. The molecule has 0 saturated heterocycles. The average molecular weight is 236 g/mol. The molecule has 0 bridgehead atoms. The molecule has 16 heavy (non-hydrogen) atoms. The van der Waals surface area contributed by atoms with E-state index < -0.39 is 46.1 Å². The number of amidine groups is 2. The molecule has 0 spiro atoms. The molecule has 0 aliphatic heterocycles. The van der Waals surface area contributed by atoms with Crippen LogP contribution in [0.15, 0.2) is 0 Å². The smallest absolute Gasteiger partial charge is 0.276 e. The highest BCUT2D eigenvalue weighted by molar-refractivity contribution is 5.97. The van der Waals surface area contributed by atoms with Crippen LogP contribution in [-0.2, 0) is 0 Å². The summed E-state index contributed by atoms with van der Waals surface area (Å²) < 4.78 is 52.9. The van der Waals surface area contributed by atoms with E-state index in [2.05, 4.69) is 0 Å². The zero-order valence-electron chi connectivity index (χ0n) is 7.82. The normalized spacial score (nSPS) is 10.2. The van der Waals surface area contributed by atoms with Crippen molar-refractivity contribution in [3.05, 3.63) is 34.4 Å². The van der Waals surface area contributed by atoms with Crippen LogP contribution in [0.5, 0.6) is 0 Å². The molecule has 0 unspecified atom stereocenters. The highest BCUT2D eigenvalue weighted by atomic mass is 19.2. The maximum atomic E-state index is 13.2. The second kappa shape index (κ2) is 3.80. The molecule has 8 N–H and O–H groups in total. The summed E-state index contributed by atoms with van der Waals surface area (Å²) >= 11 is 0. The molecule has 0 aromatic heterocycles. The van der Waals surface area contributed by atoms with E-state index in [1.807, 2.05) is 0 Å². The molecule has 86 valence electrons. The molecule has 0 saturated carbocycles. The molecule has 0 amide bonds. The molecule has 0 fully saturated rings. The van der Waals surface area contributed by atoms with Gasteiger partial charge in [0.1, 0.15) is 11.1 Å². The fourth-order valence-electron chi connectivity index (χ4n) is 1.14. The average Bonchev–Trinajstić information content (AvgIpc) is 2.14. The van der Waals surface area contributed by atoms with Crippen molar-refractivity contribution in [1.29, 1.82) is 0 Å². The first-order valence-electron chi connectivity index (χ1n) is 3.91. The standard InChI is InChI=1S/C8H6F4N4/c9-3-1(7(13)14)4(10)6(12)2(5(3)11)8(15)16/h(H3,13,14)(H3,15,16)/p+2. The van der Waals surface area contributed by atoms with Crippen LogP contribution in [0.25, 0.3) is 0 Å². The fourth-order valence-corrected chi connectivity index (χ4v) is 1.14. The summed E-state index contributed by atoms with van der Waals surface area (Å²) in [7, 11) is 0. The second-order valence-corrected chi connectivity index (χ2v) is 2.92. The van der Waals surface area contributed by atoms with Crippen LogP contribution in [0, 0.1) is 23.3 Å². The first kappa shape index (κ1) is 12.0. The van der Waals surface area contributed by atoms with Gasteiger partial charge in [-0.15, -0.1) is 0 Å². The number of benzene rings is 1. The number of nitrogens with two attached hydrogens (primary N) is 4. The van der Waals surface area contributed by atoms with Crippen molar-refractivity contribution in [2.45, 2.75) is 0 Å². The van der Waals surface area contributed by atoms with E-state index in [-0.39, 0.29) is 0 Å². The molecular weight excluding hydrogens is 228 g/mol. The summed E-state index contributed by atoms with van der Waals surface area (Å²) in [5.41, 5.74) is 7.42. The minimum atomic E-state index is -1.75. The Hall–Kier alpha value is -2.12. The maximum Gasteiger partial charge on any atom is 0.276 e. The van der Waals surface area contributed by atoms with Gasteiger partial charge in [-0.3, -0.25) is 22.3 Å². The van der Waals surface area contributed by atoms with Crippen LogP contribution in [0.4, 0.5) is 17.6 Å². The van der Waals surface area contributed by atoms with Crippen molar-refractivity contribution < 1.29 is 28.4 Å². The number of hydrogen-bond donors (Lipinski definition) is 4. The molecule has 0 aliphatic carbocycles. The van der Waals surface area contributed by atoms with Crippen LogP contribution in [0.3, 0.4) is 0 Å². The highest BCUT2D eigenvalue weighted by Crippen LogP contribution is 2.22. The topological polar surface area (TPSA) is 103 Å². The van der Waals surface area contributed by atoms with E-state index in [9.17, 15) is 17.6 Å². The third-order valence-corrected chi connectivity index (χ3v) is 1.84. The van der Waals surface area contributed by atoms with Gasteiger partial charge in [0.05, 0.1) is 0 Å². The van der Waals surface area contributed by atoms with E-state index in [0.717, 1.165) is 0 Å². The molecule has 8 heteroatoms. The second-order valence-electron chi connectivity index (χ2n) is 2.92. The molecule has 1 rings (SSSR count). The number of hydrogen-bond acceptors (Lipinski definition) is 0. The van der Waals surface area contributed by atoms with Crippen molar-refractivity contribution >= 4 is 11.7 Å². The molecule has 1 aromatic carbocycles. The third-order valence-electron chi connectivity index (χ3n) is 1.84. The van der Waals surface area contributed by atoms with Gasteiger partial charge in [0.15, 0.2) is 23.3 Å². The quantitative estimate of drug-likeness (QED) is 0.192. The highest BCUT2D eigenvalue weighted by Gasteiger charge is 2.31. The summed E-state index contributed by atoms with van der Waals surface area (Å²) in [4.78, 5) is 0. The van der Waals surface area contributed by atoms with E-state index in [4.69, 9.17) is 22.3 Å². The lowest BCUT2D eigenvalue weighted by Crippen LogP contribution is -2.49. The van der Waals surface area contributed by atoms with Crippen LogP contribution in [0.2, 0.25) is 0 Å². The third kappa shape index (κ3) is 1.58. The molecule has 0 aliphatic rings. The number of halogens is 4. The molecule has 4 nitrogen and oxygen atoms in total. The van der Waals surface area contributed by atoms with Crippen LogP contribution in [-0.4, -0.2) is 11.7 Å². The Balaban J connectivity index is 3.77. The Morgan fingerprint density at radius 1 is 0.688 bits per heavy atom. The Kier molecular flexibility index (Phi) is 2.84. The van der Waals surface area contributed by atoms with Gasteiger partial charge in [-0.1, -0.05) is 0 Å². The van der Waals surface area contributed by atoms with Crippen molar-refractivity contribution in [3.63, 3.8) is 0 Å². The maximum absolute atomic E-state index is 13.2. The van der Waals surface area contributed by atoms with Crippen molar-refractivity contribution in [2.75, 3.05) is 0 Å². The summed E-state index contributed by atoms with van der Waals surface area (Å²) in [6, 6.07) is 0. The summed E-state index contributed by atoms with van der Waals surface area (Å²) in [6.07, 6.45) is 0. The summed E-state index contributed by atoms with van der Waals surface area (Å²) in [6.45, 7) is 0. The van der Waals surface area contributed by atoms with Crippen molar-refractivity contribution in [1.82, 2.24) is 0 Å². The van der Waals surface area contributed by atoms with Gasteiger partial charge < -0.3 is 0 Å². The zero-order chi connectivity index (χ0) is 12.6. The van der Waals surface area contributed by atoms with E-state index in [1.54, 1.807) is 0 Å². The Labute approximate surface area is 86.9 Å². The molecular formula is C8H8F4N4+2. The van der Waals surface area contributed by atoms with Crippen LogP contribution in [0.1, 0.15) is 11.1 Å². The minimum Gasteiger partial charge on any atom is -0.287 e. The molecule has 0 heterocycles. The van der Waals surface area contributed by atoms with Gasteiger partial charge in [0.2, 0.25) is 0 Å². The van der Waals surface area contributed by atoms with Crippen molar-refractivity contribution in [2.24, 2.45) is 11.5 Å². The van der Waals surface area contributed by atoms with Gasteiger partial charge in [-0.05, 0) is 0 Å². The van der Waals surface area contributed by atoms with Gasteiger partial charge in [-0.25, -0.2) is 17.6 Å². The zero-order valence-corrected chi connectivity index (χ0v) is 7.82. The number of rotatable bonds is 2. The van der Waals surface area contributed by atoms with Crippen LogP contribution < -0.4 is 22.3 Å². The predicted octanol–water partition coefficient (Wildman–Crippen LogP) is -2.83. The van der Waals surface area contributed by atoms with Gasteiger partial charge in [-0.2, -0.15) is 0 Å². The van der Waals surface area contributed by atoms with Crippen LogP contribution >= 0.6 is 0 Å². The molecule has 1 aromatic rings. The fraction of sp³-hybridized carbons (Fsp3) is 0. The van der Waals surface area contributed by atoms with E-state index in [0.29, 0.717) is 0 Å². The predicted molar refractivity (Wildman–Crippen MR) is 46.7 cm³/mol. The van der Waals surface area contributed by atoms with Gasteiger partial charge in [0, 0.05) is 0 Å². The molecule has 0 atom stereocenters. The lowest BCUT2D eigenvalue weighted by Gasteiger charge is -2.05. The minimum absolute atomic E-state index is 0.894. The lowest BCUT2D eigenvalue weighted by atomic mass is 10.1. The Bertz CT molecular complexity index is 423.